The van der Waals surface area contributed by atoms with E-state index in [2.05, 4.69) is 35.4 Å². The summed E-state index contributed by atoms with van der Waals surface area (Å²) in [6.45, 7) is 5.76. The fraction of sp³-hybridized carbons (Fsp3) is 0.286. The van der Waals surface area contributed by atoms with E-state index < -0.39 is 0 Å². The van der Waals surface area contributed by atoms with Crippen molar-refractivity contribution in [2.45, 2.75) is 11.8 Å². The lowest BCUT2D eigenvalue weighted by atomic mass is 10.3. The molecule has 0 saturated carbocycles. The number of H-pyrrole nitrogens is 1. The van der Waals surface area contributed by atoms with Gasteiger partial charge in [0.15, 0.2) is 12.0 Å². The van der Waals surface area contributed by atoms with Gasteiger partial charge in [0.25, 0.3) is 11.7 Å². The van der Waals surface area contributed by atoms with Gasteiger partial charge in [0.2, 0.25) is 0 Å². The van der Waals surface area contributed by atoms with Crippen LogP contribution in [-0.4, -0.2) is 64.0 Å². The molecule has 2 amide bonds. The topological polar surface area (TPSA) is 107 Å². The van der Waals surface area contributed by atoms with Crippen LogP contribution < -0.4 is 20.9 Å². The number of rotatable bonds is 5. The number of aryl methyl sites for hydroxylation is 1. The van der Waals surface area contributed by atoms with Crippen LogP contribution in [0.4, 0.5) is 16.3 Å². The Balaban J connectivity index is 1.24. The molecule has 10 nitrogen and oxygen atoms in total. The number of nitrogens with one attached hydrogen (secondary N) is 4. The largest absolute Gasteiger partial charge is 0.322 e. The van der Waals surface area contributed by atoms with E-state index in [9.17, 15) is 4.79 Å². The molecule has 0 unspecified atom stereocenters. The van der Waals surface area contributed by atoms with Crippen LogP contribution in [0.25, 0.3) is 0 Å². The smallest absolute Gasteiger partial charge is 0.321 e. The number of hydrogen-bond acceptors (Lipinski definition) is 8. The molecule has 0 aliphatic carbocycles. The number of fused-ring (bicyclic) bond motifs is 1. The zero-order valence-corrected chi connectivity index (χ0v) is 18.5. The lowest BCUT2D eigenvalue weighted by molar-refractivity contribution is 0.204. The Morgan fingerprint density at radius 1 is 1.22 bits per heavy atom. The molecule has 0 bridgehead atoms. The van der Waals surface area contributed by atoms with Crippen molar-refractivity contribution in [2.24, 2.45) is 4.99 Å². The summed E-state index contributed by atoms with van der Waals surface area (Å²) in [6, 6.07) is 9.79. The van der Waals surface area contributed by atoms with Crippen LogP contribution in [0.1, 0.15) is 5.69 Å². The molecular weight excluding hydrogens is 426 g/mol. The van der Waals surface area contributed by atoms with E-state index in [1.54, 1.807) is 18.1 Å². The van der Waals surface area contributed by atoms with Crippen molar-refractivity contribution in [3.8, 4) is 0 Å². The third-order valence-corrected chi connectivity index (χ3v) is 6.19. The minimum absolute atomic E-state index is 0.0537. The predicted octanol–water partition coefficient (Wildman–Crippen LogP) is 2.41. The predicted molar refractivity (Wildman–Crippen MR) is 126 cm³/mol. The summed E-state index contributed by atoms with van der Waals surface area (Å²) < 4.78 is 2.12. The fourth-order valence-electron chi connectivity index (χ4n) is 3.62. The maximum Gasteiger partial charge on any atom is 0.321 e. The third-order valence-electron chi connectivity index (χ3n) is 5.23. The first-order valence-corrected chi connectivity index (χ1v) is 11.3. The Bertz CT molecular complexity index is 1070. The van der Waals surface area contributed by atoms with E-state index in [0.717, 1.165) is 59.9 Å². The number of piperazine rings is 1. The molecule has 165 valence electrons. The van der Waals surface area contributed by atoms with Gasteiger partial charge in [-0.2, -0.15) is 10.1 Å². The number of aromatic amines is 1. The van der Waals surface area contributed by atoms with Crippen LogP contribution in [0.5, 0.6) is 0 Å². The van der Waals surface area contributed by atoms with Crippen LogP contribution in [0, 0.1) is 6.92 Å². The second-order valence-corrected chi connectivity index (χ2v) is 8.77. The first kappa shape index (κ1) is 20.6. The van der Waals surface area contributed by atoms with Crippen LogP contribution in [0.2, 0.25) is 0 Å². The normalized spacial score (nSPS) is 18.3. The van der Waals surface area contributed by atoms with Crippen LogP contribution in [0.15, 0.2) is 64.6 Å². The molecule has 32 heavy (non-hydrogen) atoms. The van der Waals surface area contributed by atoms with Gasteiger partial charge in [-0.05, 0) is 48.0 Å². The van der Waals surface area contributed by atoms with Gasteiger partial charge >= 0.3 is 6.03 Å². The minimum Gasteiger partial charge on any atom is -0.322 e. The van der Waals surface area contributed by atoms with Crippen LogP contribution in [0.3, 0.4) is 0 Å². The summed E-state index contributed by atoms with van der Waals surface area (Å²) >= 11 is 1.61. The number of aliphatic imine (C=N–C) groups is 1. The maximum absolute atomic E-state index is 12.4. The minimum atomic E-state index is -0.0537. The van der Waals surface area contributed by atoms with Gasteiger partial charge < -0.3 is 15.5 Å². The van der Waals surface area contributed by atoms with Gasteiger partial charge in [0, 0.05) is 48.5 Å². The molecule has 1 fully saturated rings. The van der Waals surface area contributed by atoms with Crippen molar-refractivity contribution in [1.29, 1.82) is 0 Å². The highest BCUT2D eigenvalue weighted by Gasteiger charge is 2.37. The SMILES string of the molecule is Cc1cc(NC2=CN(Sc3ccc(NC(=O)N4CCNCC4)cc3)CC3=NC=C[N+]23)n[nH]1. The Hall–Kier alpha value is -3.28. The number of urea groups is 1. The van der Waals surface area contributed by atoms with Gasteiger partial charge in [-0.3, -0.25) is 14.7 Å². The summed E-state index contributed by atoms with van der Waals surface area (Å²) in [5, 5.41) is 16.8. The molecule has 11 heteroatoms. The van der Waals surface area contributed by atoms with Crippen molar-refractivity contribution in [2.75, 3.05) is 43.4 Å². The molecule has 1 aromatic heterocycles. The molecule has 3 aliphatic heterocycles. The number of anilines is 2. The second kappa shape index (κ2) is 9.07. The van der Waals surface area contributed by atoms with Crippen LogP contribution >= 0.6 is 11.9 Å². The second-order valence-electron chi connectivity index (χ2n) is 7.65. The highest BCUT2D eigenvalue weighted by atomic mass is 32.2. The van der Waals surface area contributed by atoms with Gasteiger partial charge in [0.1, 0.15) is 6.54 Å². The number of carbonyl (C=O) groups is 1. The summed E-state index contributed by atoms with van der Waals surface area (Å²) in [5.41, 5.74) is 1.78. The molecule has 1 saturated heterocycles. The summed E-state index contributed by atoms with van der Waals surface area (Å²) in [6.07, 6.45) is 5.78. The lowest BCUT2D eigenvalue weighted by Gasteiger charge is -2.27. The molecule has 1 aromatic carbocycles. The molecule has 2 aromatic rings. The molecule has 1 radical (unpaired) electrons. The molecule has 5 rings (SSSR count). The number of amides is 2. The number of benzene rings is 1. The van der Waals surface area contributed by atoms with Crippen molar-refractivity contribution in [3.63, 3.8) is 0 Å². The fourth-order valence-corrected chi connectivity index (χ4v) is 4.48. The third kappa shape index (κ3) is 4.64. The van der Waals surface area contributed by atoms with Gasteiger partial charge in [0.05, 0.1) is 12.4 Å². The van der Waals surface area contributed by atoms with Crippen molar-refractivity contribution in [1.82, 2.24) is 29.6 Å². The molecule has 0 atom stereocenters. The molecule has 3 aliphatic rings. The molecular formula is C21H25N9OS+. The van der Waals surface area contributed by atoms with E-state index in [1.165, 1.54) is 0 Å². The van der Waals surface area contributed by atoms with Gasteiger partial charge in [-0.1, -0.05) is 0 Å². The molecule has 4 N–H and O–H groups in total. The highest BCUT2D eigenvalue weighted by molar-refractivity contribution is 7.97. The highest BCUT2D eigenvalue weighted by Crippen LogP contribution is 2.29. The first-order valence-electron chi connectivity index (χ1n) is 10.5. The number of amidine groups is 1. The Morgan fingerprint density at radius 2 is 2.03 bits per heavy atom. The summed E-state index contributed by atoms with van der Waals surface area (Å²) in [5.74, 6) is 2.57. The lowest BCUT2D eigenvalue weighted by Crippen LogP contribution is -2.48. The number of hydrogen-bond donors (Lipinski definition) is 4. The van der Waals surface area contributed by atoms with E-state index in [0.29, 0.717) is 6.54 Å². The zero-order chi connectivity index (χ0) is 21.9. The van der Waals surface area contributed by atoms with E-state index >= 15 is 0 Å². The molecule has 0 spiro atoms. The summed E-state index contributed by atoms with van der Waals surface area (Å²) in [7, 11) is 0. The Labute approximate surface area is 190 Å². The number of aromatic nitrogens is 2. The average molecular weight is 452 g/mol. The maximum atomic E-state index is 12.4. The van der Waals surface area contributed by atoms with Crippen molar-refractivity contribution < 1.29 is 4.79 Å². The molecule has 4 heterocycles. The quantitative estimate of drug-likeness (QED) is 0.411. The zero-order valence-electron chi connectivity index (χ0n) is 17.7. The first-order chi connectivity index (χ1) is 15.6. The Morgan fingerprint density at radius 3 is 2.78 bits per heavy atom. The van der Waals surface area contributed by atoms with E-state index in [-0.39, 0.29) is 6.03 Å². The standard InChI is InChI=1S/C21H25N9OS/c1-15-12-18(27-26-15)25-20-14-29(13-19-23-8-11-30(19)20)32-17-4-2-16(3-5-17)24-21(31)28-9-6-22-7-10-28/h2-5,8,11-12,14,22H,6-7,9-10,13H2,1H3,(H,24,31)(H2,25,26,27)/q+1. The Kier molecular flexibility index (Phi) is 5.84. The van der Waals surface area contributed by atoms with E-state index in [4.69, 9.17) is 0 Å². The number of nitrogens with zero attached hydrogens (tertiary/aromatic N) is 5. The van der Waals surface area contributed by atoms with Crippen LogP contribution in [-0.2, 0) is 0 Å². The van der Waals surface area contributed by atoms with Crippen molar-refractivity contribution in [3.05, 3.63) is 60.4 Å². The van der Waals surface area contributed by atoms with Gasteiger partial charge in [-0.15, -0.1) is 0 Å². The summed E-state index contributed by atoms with van der Waals surface area (Å²) in [4.78, 5) is 21.8. The van der Waals surface area contributed by atoms with Crippen molar-refractivity contribution >= 4 is 35.3 Å². The average Bonchev–Trinajstić information content (AvgIpc) is 3.44. The van der Waals surface area contributed by atoms with Gasteiger partial charge in [-0.25, -0.2) is 4.79 Å². The monoisotopic (exact) mass is 451 g/mol. The van der Waals surface area contributed by atoms with E-state index in [1.807, 2.05) is 59.5 Å². The number of carbonyl (C=O) groups excluding carboxylic acids is 1.